The molecule has 0 bridgehead atoms. The minimum Gasteiger partial charge on any atom is -0.291 e. The van der Waals surface area contributed by atoms with E-state index in [-0.39, 0.29) is 0 Å². The molecule has 0 amide bonds. The van der Waals surface area contributed by atoms with Crippen molar-refractivity contribution in [2.45, 2.75) is 0 Å². The van der Waals surface area contributed by atoms with Crippen LogP contribution >= 0.6 is 0 Å². The Balaban J connectivity index is 1.31. The van der Waals surface area contributed by atoms with Crippen LogP contribution in [0.3, 0.4) is 0 Å². The van der Waals surface area contributed by atoms with Gasteiger partial charge < -0.3 is 0 Å². The molecule has 9 rings (SSSR count). The number of hydrogen-bond acceptors (Lipinski definition) is 3. The van der Waals surface area contributed by atoms with Crippen LogP contribution in [-0.4, -0.2) is 19.4 Å². The zero-order valence-corrected chi connectivity index (χ0v) is 24.3. The van der Waals surface area contributed by atoms with E-state index in [0.717, 1.165) is 27.7 Å². The molecule has 0 saturated heterocycles. The minimum absolute atomic E-state index is 0.698. The summed E-state index contributed by atoms with van der Waals surface area (Å²) in [5, 5.41) is 5.95. The Morgan fingerprint density at radius 3 is 1.93 bits per heavy atom. The van der Waals surface area contributed by atoms with Gasteiger partial charge in [0.1, 0.15) is 0 Å². The fourth-order valence-electron chi connectivity index (χ4n) is 6.66. The summed E-state index contributed by atoms with van der Waals surface area (Å²) in [6.45, 7) is 0. The lowest BCUT2D eigenvalue weighted by Crippen LogP contribution is -1.93. The molecule has 0 aliphatic carbocycles. The van der Waals surface area contributed by atoms with Crippen molar-refractivity contribution in [3.8, 4) is 44.6 Å². The topological polar surface area (TPSA) is 43.1 Å². The van der Waals surface area contributed by atoms with Crippen molar-refractivity contribution < 1.29 is 0 Å². The Hall–Kier alpha value is -6.13. The fourth-order valence-corrected chi connectivity index (χ4v) is 6.66. The van der Waals surface area contributed by atoms with Gasteiger partial charge >= 0.3 is 0 Å². The molecule has 0 N–H and O–H groups in total. The number of rotatable bonds is 4. The lowest BCUT2D eigenvalue weighted by molar-refractivity contribution is 1.11. The van der Waals surface area contributed by atoms with Gasteiger partial charge in [-0.05, 0) is 67.7 Å². The van der Waals surface area contributed by atoms with Crippen LogP contribution in [0.15, 0.2) is 158 Å². The highest BCUT2D eigenvalue weighted by molar-refractivity contribution is 6.27. The summed E-state index contributed by atoms with van der Waals surface area (Å²) in [4.78, 5) is 14.0. The Bertz CT molecular complexity index is 2480. The Kier molecular flexibility index (Phi) is 5.78. The summed E-state index contributed by atoms with van der Waals surface area (Å²) < 4.78 is 1.95. The molecule has 0 spiro atoms. The lowest BCUT2D eigenvalue weighted by atomic mass is 9.84. The normalized spacial score (nSPS) is 11.6. The van der Waals surface area contributed by atoms with Crippen LogP contribution in [0.5, 0.6) is 0 Å². The van der Waals surface area contributed by atoms with Crippen LogP contribution in [0, 0.1) is 0 Å². The number of pyridine rings is 1. The van der Waals surface area contributed by atoms with Crippen LogP contribution in [0.1, 0.15) is 0 Å². The van der Waals surface area contributed by atoms with Crippen LogP contribution in [0.2, 0.25) is 0 Å². The molecule has 0 aliphatic heterocycles. The third kappa shape index (κ3) is 4.19. The molecule has 45 heavy (non-hydrogen) atoms. The smallest absolute Gasteiger partial charge is 0.234 e. The highest BCUT2D eigenvalue weighted by atomic mass is 15.1. The average molecular weight is 575 g/mol. The third-order valence-electron chi connectivity index (χ3n) is 8.73. The number of nitrogens with zero attached hydrogens (tertiary/aromatic N) is 4. The molecule has 0 radical (unpaired) electrons. The summed E-state index contributed by atoms with van der Waals surface area (Å²) in [6, 6.07) is 47.6. The molecule has 0 atom stereocenters. The van der Waals surface area contributed by atoms with Gasteiger partial charge in [0.05, 0.1) is 11.2 Å². The second kappa shape index (κ2) is 10.2. The maximum Gasteiger partial charge on any atom is 0.234 e. The molecular formula is C41H26N4. The SMILES string of the molecule is c1ccc(-c2c3cc(-c4ccc(-c5cn6cccnc6n5)cc4)ccc3c(-c3ccccc3)c3c2ccc2cccnc23)cc1. The molecule has 0 fully saturated rings. The van der Waals surface area contributed by atoms with E-state index in [2.05, 4.69) is 126 Å². The van der Waals surface area contributed by atoms with Crippen molar-refractivity contribution in [1.82, 2.24) is 19.4 Å². The van der Waals surface area contributed by atoms with Crippen molar-refractivity contribution in [2.75, 3.05) is 0 Å². The van der Waals surface area contributed by atoms with E-state index >= 15 is 0 Å². The minimum atomic E-state index is 0.698. The molecular weight excluding hydrogens is 548 g/mol. The molecule has 4 heteroatoms. The number of hydrogen-bond donors (Lipinski definition) is 0. The van der Waals surface area contributed by atoms with Crippen LogP contribution in [-0.2, 0) is 0 Å². The van der Waals surface area contributed by atoms with Gasteiger partial charge in [-0.15, -0.1) is 0 Å². The Morgan fingerprint density at radius 2 is 1.16 bits per heavy atom. The molecule has 0 saturated carbocycles. The van der Waals surface area contributed by atoms with Crippen LogP contribution in [0.4, 0.5) is 0 Å². The monoisotopic (exact) mass is 574 g/mol. The van der Waals surface area contributed by atoms with E-state index in [1.54, 1.807) is 6.20 Å². The second-order valence-corrected chi connectivity index (χ2v) is 11.3. The molecule has 3 aromatic heterocycles. The van der Waals surface area contributed by atoms with Gasteiger partial charge in [0.15, 0.2) is 0 Å². The number of aromatic nitrogens is 4. The fraction of sp³-hybridized carbons (Fsp3) is 0. The van der Waals surface area contributed by atoms with E-state index in [1.807, 2.05) is 35.1 Å². The molecule has 3 heterocycles. The maximum absolute atomic E-state index is 4.94. The first-order chi connectivity index (χ1) is 22.3. The second-order valence-electron chi connectivity index (χ2n) is 11.3. The van der Waals surface area contributed by atoms with E-state index in [1.165, 1.54) is 49.4 Å². The van der Waals surface area contributed by atoms with Gasteiger partial charge in [-0.1, -0.05) is 115 Å². The van der Waals surface area contributed by atoms with Crippen molar-refractivity contribution >= 4 is 38.2 Å². The summed E-state index contributed by atoms with van der Waals surface area (Å²) in [6.07, 6.45) is 7.66. The van der Waals surface area contributed by atoms with E-state index in [4.69, 9.17) is 9.97 Å². The van der Waals surface area contributed by atoms with Gasteiger partial charge in [0.25, 0.3) is 0 Å². The van der Waals surface area contributed by atoms with E-state index < -0.39 is 0 Å². The van der Waals surface area contributed by atoms with Gasteiger partial charge in [0, 0.05) is 41.1 Å². The van der Waals surface area contributed by atoms with Gasteiger partial charge in [-0.2, -0.15) is 0 Å². The standard InChI is InChI=1S/C41H26N4/c1-3-9-29(10-4-1)37-34-21-18-31-13-7-22-42-40(31)39(34)38(30-11-5-2-6-12-30)33-20-19-32(25-35(33)37)27-14-16-28(17-15-27)36-26-45-24-8-23-43-41(45)44-36/h1-26H. The van der Waals surface area contributed by atoms with Crippen molar-refractivity contribution in [3.63, 3.8) is 0 Å². The zero-order chi connectivity index (χ0) is 29.7. The Morgan fingerprint density at radius 1 is 0.467 bits per heavy atom. The summed E-state index contributed by atoms with van der Waals surface area (Å²) in [5.41, 5.74) is 10.1. The van der Waals surface area contributed by atoms with Crippen molar-refractivity contribution in [2.24, 2.45) is 0 Å². The largest absolute Gasteiger partial charge is 0.291 e. The molecule has 0 aliphatic rings. The predicted octanol–water partition coefficient (Wildman–Crippen LogP) is 10.3. The number of fused-ring (bicyclic) bond motifs is 5. The predicted molar refractivity (Wildman–Crippen MR) is 185 cm³/mol. The highest BCUT2D eigenvalue weighted by Crippen LogP contribution is 2.46. The van der Waals surface area contributed by atoms with Crippen molar-refractivity contribution in [1.29, 1.82) is 0 Å². The van der Waals surface area contributed by atoms with E-state index in [9.17, 15) is 0 Å². The van der Waals surface area contributed by atoms with Crippen LogP contribution < -0.4 is 0 Å². The first-order valence-electron chi connectivity index (χ1n) is 15.1. The number of imidazole rings is 1. The van der Waals surface area contributed by atoms with Crippen molar-refractivity contribution in [3.05, 3.63) is 158 Å². The summed E-state index contributed by atoms with van der Waals surface area (Å²) >= 11 is 0. The molecule has 9 aromatic rings. The molecule has 0 unspecified atom stereocenters. The summed E-state index contributed by atoms with van der Waals surface area (Å²) in [7, 11) is 0. The van der Waals surface area contributed by atoms with Crippen LogP contribution in [0.25, 0.3) is 82.9 Å². The Labute approximate surface area is 259 Å². The first kappa shape index (κ1) is 25.4. The molecule has 210 valence electrons. The first-order valence-corrected chi connectivity index (χ1v) is 15.1. The summed E-state index contributed by atoms with van der Waals surface area (Å²) in [5.74, 6) is 0.698. The lowest BCUT2D eigenvalue weighted by Gasteiger charge is -2.19. The quantitative estimate of drug-likeness (QED) is 0.155. The third-order valence-corrected chi connectivity index (χ3v) is 8.73. The molecule has 6 aromatic carbocycles. The highest BCUT2D eigenvalue weighted by Gasteiger charge is 2.20. The van der Waals surface area contributed by atoms with E-state index in [0.29, 0.717) is 5.78 Å². The van der Waals surface area contributed by atoms with Gasteiger partial charge in [-0.25, -0.2) is 9.97 Å². The average Bonchev–Trinajstić information content (AvgIpc) is 3.56. The zero-order valence-electron chi connectivity index (χ0n) is 24.3. The molecule has 4 nitrogen and oxygen atoms in total. The van der Waals surface area contributed by atoms with Gasteiger partial charge in [0.2, 0.25) is 5.78 Å². The number of benzene rings is 6. The maximum atomic E-state index is 4.94. The van der Waals surface area contributed by atoms with Gasteiger partial charge in [-0.3, -0.25) is 9.38 Å².